The molecule has 0 amide bonds. The van der Waals surface area contributed by atoms with Crippen LogP contribution in [0, 0.1) is 13.8 Å². The quantitative estimate of drug-likeness (QED) is 0.700. The van der Waals surface area contributed by atoms with Crippen LogP contribution in [0.5, 0.6) is 0 Å². The summed E-state index contributed by atoms with van der Waals surface area (Å²) in [5, 5.41) is 0. The number of ether oxygens (including phenoxy) is 1. The van der Waals surface area contributed by atoms with E-state index in [1.807, 2.05) is 33.8 Å². The average Bonchev–Trinajstić information content (AvgIpc) is 2.15. The van der Waals surface area contributed by atoms with Crippen LogP contribution in [0.4, 0.5) is 0 Å². The first-order chi connectivity index (χ1) is 6.97. The van der Waals surface area contributed by atoms with Gasteiger partial charge in [-0.25, -0.2) is 4.79 Å². The number of hydrogen-bond acceptors (Lipinski definition) is 3. The number of aryl methyl sites for hydroxylation is 2. The minimum atomic E-state index is -0.302. The van der Waals surface area contributed by atoms with Crippen LogP contribution in [0.3, 0.4) is 0 Å². The first kappa shape index (κ1) is 11.7. The highest BCUT2D eigenvalue weighted by molar-refractivity contribution is 5.92. The Bertz CT molecular complexity index is 383. The maximum absolute atomic E-state index is 11.6. The minimum Gasteiger partial charge on any atom is -0.465 e. The summed E-state index contributed by atoms with van der Waals surface area (Å²) < 4.78 is 4.77. The van der Waals surface area contributed by atoms with Crippen molar-refractivity contribution in [3.63, 3.8) is 0 Å². The molecule has 0 aromatic carbocycles. The number of carbonyl (C=O) groups excluding carboxylic acids is 1. The number of esters is 1. The Balaban J connectivity index is 3.40. The molecular weight excluding hydrogens is 190 g/mol. The lowest BCUT2D eigenvalue weighted by Crippen LogP contribution is -2.12. The van der Waals surface area contributed by atoms with Crippen LogP contribution in [0.15, 0.2) is 6.07 Å². The lowest BCUT2D eigenvalue weighted by molar-refractivity contribution is 0.0597. The Morgan fingerprint density at radius 1 is 1.40 bits per heavy atom. The Hall–Kier alpha value is -1.38. The maximum Gasteiger partial charge on any atom is 0.339 e. The molecule has 0 aliphatic heterocycles. The van der Waals surface area contributed by atoms with Gasteiger partial charge in [0.05, 0.1) is 18.4 Å². The van der Waals surface area contributed by atoms with Crippen molar-refractivity contribution < 1.29 is 9.53 Å². The maximum atomic E-state index is 11.6. The molecule has 15 heavy (non-hydrogen) atoms. The van der Waals surface area contributed by atoms with Crippen LogP contribution < -0.4 is 0 Å². The van der Waals surface area contributed by atoms with Crippen molar-refractivity contribution in [1.29, 1.82) is 0 Å². The van der Waals surface area contributed by atoms with Crippen molar-refractivity contribution in [2.24, 2.45) is 0 Å². The Morgan fingerprint density at radius 3 is 2.47 bits per heavy atom. The third kappa shape index (κ3) is 2.35. The first-order valence-corrected chi connectivity index (χ1v) is 5.03. The smallest absolute Gasteiger partial charge is 0.339 e. The van der Waals surface area contributed by atoms with Crippen LogP contribution in [-0.2, 0) is 4.74 Å². The summed E-state index contributed by atoms with van der Waals surface area (Å²) in [6.07, 6.45) is 0. The van der Waals surface area contributed by atoms with Crippen molar-refractivity contribution in [2.75, 3.05) is 7.11 Å². The second kappa shape index (κ2) is 4.43. The highest BCUT2D eigenvalue weighted by atomic mass is 16.5. The molecule has 3 nitrogen and oxygen atoms in total. The molecule has 0 atom stereocenters. The Labute approximate surface area is 90.5 Å². The summed E-state index contributed by atoms with van der Waals surface area (Å²) in [6.45, 7) is 7.88. The normalized spacial score (nSPS) is 10.5. The van der Waals surface area contributed by atoms with Gasteiger partial charge in [0.1, 0.15) is 0 Å². The largest absolute Gasteiger partial charge is 0.465 e. The zero-order valence-electron chi connectivity index (χ0n) is 9.92. The molecular formula is C12H17NO2. The molecule has 1 heterocycles. The van der Waals surface area contributed by atoms with E-state index in [0.29, 0.717) is 5.56 Å². The van der Waals surface area contributed by atoms with Crippen molar-refractivity contribution in [1.82, 2.24) is 4.98 Å². The fourth-order valence-electron chi connectivity index (χ4n) is 1.65. The van der Waals surface area contributed by atoms with Crippen LogP contribution >= 0.6 is 0 Å². The summed E-state index contributed by atoms with van der Waals surface area (Å²) >= 11 is 0. The van der Waals surface area contributed by atoms with Gasteiger partial charge >= 0.3 is 5.97 Å². The molecule has 0 saturated carbocycles. The molecule has 0 unspecified atom stereocenters. The highest BCUT2D eigenvalue weighted by Gasteiger charge is 2.18. The van der Waals surface area contributed by atoms with E-state index >= 15 is 0 Å². The highest BCUT2D eigenvalue weighted by Crippen LogP contribution is 2.22. The average molecular weight is 207 g/mol. The van der Waals surface area contributed by atoms with Gasteiger partial charge in [-0.05, 0) is 31.4 Å². The molecule has 1 rings (SSSR count). The van der Waals surface area contributed by atoms with Crippen molar-refractivity contribution in [3.8, 4) is 0 Å². The monoisotopic (exact) mass is 207 g/mol. The van der Waals surface area contributed by atoms with Gasteiger partial charge in [0, 0.05) is 5.69 Å². The van der Waals surface area contributed by atoms with Crippen molar-refractivity contribution >= 4 is 5.97 Å². The topological polar surface area (TPSA) is 39.2 Å². The van der Waals surface area contributed by atoms with Gasteiger partial charge in [-0.3, -0.25) is 4.98 Å². The lowest BCUT2D eigenvalue weighted by Gasteiger charge is -2.13. The summed E-state index contributed by atoms with van der Waals surface area (Å²) in [6, 6.07) is 1.90. The predicted molar refractivity (Wildman–Crippen MR) is 59.1 cm³/mol. The molecule has 0 bridgehead atoms. The van der Waals surface area contributed by atoms with Gasteiger partial charge in [-0.15, -0.1) is 0 Å². The molecule has 0 aliphatic carbocycles. The van der Waals surface area contributed by atoms with E-state index in [2.05, 4.69) is 4.98 Å². The number of pyridine rings is 1. The van der Waals surface area contributed by atoms with Gasteiger partial charge in [0.25, 0.3) is 0 Å². The molecule has 3 heteroatoms. The van der Waals surface area contributed by atoms with Crippen molar-refractivity contribution in [3.05, 3.63) is 28.6 Å². The third-order valence-electron chi connectivity index (χ3n) is 2.31. The summed E-state index contributed by atoms with van der Waals surface area (Å²) in [7, 11) is 1.39. The van der Waals surface area contributed by atoms with Gasteiger partial charge in [-0.1, -0.05) is 13.8 Å². The molecule has 1 aromatic heterocycles. The number of methoxy groups -OCH3 is 1. The number of aromatic nitrogens is 1. The minimum absolute atomic E-state index is 0.220. The van der Waals surface area contributed by atoms with E-state index in [1.54, 1.807) is 0 Å². The molecule has 0 N–H and O–H groups in total. The van der Waals surface area contributed by atoms with E-state index in [4.69, 9.17) is 4.74 Å². The van der Waals surface area contributed by atoms with Gasteiger partial charge in [-0.2, -0.15) is 0 Å². The van der Waals surface area contributed by atoms with E-state index < -0.39 is 0 Å². The van der Waals surface area contributed by atoms with Crippen LogP contribution in [0.2, 0.25) is 0 Å². The Kier molecular flexibility index (Phi) is 3.45. The van der Waals surface area contributed by atoms with Crippen LogP contribution in [0.1, 0.15) is 47.1 Å². The molecule has 0 aliphatic rings. The van der Waals surface area contributed by atoms with E-state index in [0.717, 1.165) is 17.0 Å². The zero-order valence-corrected chi connectivity index (χ0v) is 9.92. The van der Waals surface area contributed by atoms with Gasteiger partial charge < -0.3 is 4.74 Å². The number of rotatable bonds is 2. The van der Waals surface area contributed by atoms with Crippen molar-refractivity contribution in [2.45, 2.75) is 33.6 Å². The molecule has 0 fully saturated rings. The number of carbonyl (C=O) groups is 1. The van der Waals surface area contributed by atoms with Gasteiger partial charge in [0.15, 0.2) is 0 Å². The lowest BCUT2D eigenvalue weighted by atomic mass is 9.99. The Morgan fingerprint density at radius 2 is 2.00 bits per heavy atom. The van der Waals surface area contributed by atoms with E-state index in [1.165, 1.54) is 7.11 Å². The SMILES string of the molecule is COC(=O)c1c(C)cc(C)nc1C(C)C. The summed E-state index contributed by atoms with van der Waals surface area (Å²) in [5.74, 6) is -0.0820. The second-order valence-corrected chi connectivity index (χ2v) is 3.99. The van der Waals surface area contributed by atoms with Gasteiger partial charge in [0.2, 0.25) is 0 Å². The molecule has 0 spiro atoms. The van der Waals surface area contributed by atoms with Crippen LogP contribution in [0.25, 0.3) is 0 Å². The molecule has 0 saturated heterocycles. The third-order valence-corrected chi connectivity index (χ3v) is 2.31. The summed E-state index contributed by atoms with van der Waals surface area (Å²) in [4.78, 5) is 16.0. The predicted octanol–water partition coefficient (Wildman–Crippen LogP) is 2.61. The number of nitrogens with zero attached hydrogens (tertiary/aromatic N) is 1. The number of hydrogen-bond donors (Lipinski definition) is 0. The fourth-order valence-corrected chi connectivity index (χ4v) is 1.65. The first-order valence-electron chi connectivity index (χ1n) is 5.03. The zero-order chi connectivity index (χ0) is 11.6. The molecule has 1 aromatic rings. The van der Waals surface area contributed by atoms with E-state index in [9.17, 15) is 4.79 Å². The molecule has 82 valence electrons. The fraction of sp³-hybridized carbons (Fsp3) is 0.500. The molecule has 0 radical (unpaired) electrons. The van der Waals surface area contributed by atoms with Crippen LogP contribution in [-0.4, -0.2) is 18.1 Å². The summed E-state index contributed by atoms with van der Waals surface area (Å²) in [5.41, 5.74) is 3.29. The van der Waals surface area contributed by atoms with E-state index in [-0.39, 0.29) is 11.9 Å². The standard InChI is InChI=1S/C12H17NO2/c1-7(2)11-10(12(14)15-5)8(3)6-9(4)13-11/h6-7H,1-5H3. The second-order valence-electron chi connectivity index (χ2n) is 3.99.